The third-order valence-electron chi connectivity index (χ3n) is 4.64. The van der Waals surface area contributed by atoms with Gasteiger partial charge in [-0.05, 0) is 42.8 Å². The van der Waals surface area contributed by atoms with Gasteiger partial charge in [0, 0.05) is 37.7 Å². The van der Waals surface area contributed by atoms with Crippen LogP contribution in [0.15, 0.2) is 23.1 Å². The first-order valence-corrected chi connectivity index (χ1v) is 10.1. The summed E-state index contributed by atoms with van der Waals surface area (Å²) in [7, 11) is 3.01. The minimum absolute atomic E-state index is 0.270. The van der Waals surface area contributed by atoms with Crippen LogP contribution in [0.3, 0.4) is 0 Å². The minimum atomic E-state index is -0.534. The fraction of sp³-hybridized carbons (Fsp3) is 0.526. The molecule has 0 aliphatic carbocycles. The van der Waals surface area contributed by atoms with Crippen molar-refractivity contribution in [3.05, 3.63) is 28.6 Å². The van der Waals surface area contributed by atoms with E-state index in [-0.39, 0.29) is 12.0 Å². The number of carbonyl (C=O) groups excluding carboxylic acids is 2. The van der Waals surface area contributed by atoms with Gasteiger partial charge in [0.15, 0.2) is 0 Å². The van der Waals surface area contributed by atoms with Crippen LogP contribution >= 0.6 is 15.9 Å². The van der Waals surface area contributed by atoms with Crippen LogP contribution in [-0.4, -0.2) is 77.3 Å². The zero-order chi connectivity index (χ0) is 21.3. The van der Waals surface area contributed by atoms with E-state index in [0.29, 0.717) is 31.7 Å². The van der Waals surface area contributed by atoms with Crippen molar-refractivity contribution in [2.24, 2.45) is 0 Å². The number of amides is 2. The molecular formula is C19H26BrN5O4. The Morgan fingerprint density at radius 3 is 2.45 bits per heavy atom. The molecule has 0 radical (unpaired) electrons. The molecule has 3 heterocycles. The molecule has 0 saturated carbocycles. The molecule has 2 amide bonds. The molecule has 1 aliphatic heterocycles. The fourth-order valence-corrected chi connectivity index (χ4v) is 3.72. The second kappa shape index (κ2) is 8.19. The zero-order valence-electron chi connectivity index (χ0n) is 17.3. The lowest BCUT2D eigenvalue weighted by Crippen LogP contribution is -2.51. The van der Waals surface area contributed by atoms with Crippen molar-refractivity contribution in [2.45, 2.75) is 26.4 Å². The molecule has 3 rings (SSSR count). The predicted molar refractivity (Wildman–Crippen MR) is 112 cm³/mol. The normalized spacial score (nSPS) is 15.0. The quantitative estimate of drug-likeness (QED) is 0.645. The van der Waals surface area contributed by atoms with Crippen molar-refractivity contribution in [2.75, 3.05) is 45.2 Å². The highest BCUT2D eigenvalue weighted by atomic mass is 79.9. The number of anilines is 1. The Hall–Kier alpha value is -2.33. The lowest BCUT2D eigenvalue weighted by molar-refractivity contribution is -0.0756. The van der Waals surface area contributed by atoms with E-state index in [1.165, 1.54) is 12.2 Å². The number of piperazine rings is 1. The van der Waals surface area contributed by atoms with Crippen LogP contribution < -0.4 is 4.90 Å². The molecule has 0 aromatic carbocycles. The van der Waals surface area contributed by atoms with Crippen molar-refractivity contribution in [3.8, 4) is 0 Å². The Morgan fingerprint density at radius 2 is 1.86 bits per heavy atom. The Labute approximate surface area is 178 Å². The maximum absolute atomic E-state index is 12.9. The van der Waals surface area contributed by atoms with Crippen LogP contribution in [0.25, 0.3) is 5.52 Å². The topological polar surface area (TPSA) is 79.6 Å². The summed E-state index contributed by atoms with van der Waals surface area (Å²) in [6, 6.07) is 1.78. The van der Waals surface area contributed by atoms with E-state index >= 15 is 0 Å². The number of pyridine rings is 1. The number of ether oxygens (including phenoxy) is 1. The number of hydroxylamine groups is 2. The third-order valence-corrected chi connectivity index (χ3v) is 5.28. The Kier molecular flexibility index (Phi) is 6.04. The average Bonchev–Trinajstić information content (AvgIpc) is 3.15. The molecule has 1 fully saturated rings. The highest BCUT2D eigenvalue weighted by molar-refractivity contribution is 9.10. The summed E-state index contributed by atoms with van der Waals surface area (Å²) in [5.74, 6) is 0.451. The summed E-state index contributed by atoms with van der Waals surface area (Å²) in [4.78, 5) is 38.4. The maximum atomic E-state index is 12.9. The highest BCUT2D eigenvalue weighted by Crippen LogP contribution is 2.30. The van der Waals surface area contributed by atoms with Crippen LogP contribution in [0.1, 0.15) is 31.1 Å². The molecule has 0 spiro atoms. The standard InChI is InChI=1S/C19H26BrN5O4/c1-19(2,3)29-18(27)24-8-6-23(7-9-24)16-13(17(26)22(4)28-5)10-14(20)15-11-21-12-25(15)16/h10-12H,6-9H2,1-5H3. The Balaban J connectivity index is 1.90. The maximum Gasteiger partial charge on any atom is 0.410 e. The predicted octanol–water partition coefficient (Wildman–Crippen LogP) is 2.79. The van der Waals surface area contributed by atoms with E-state index in [9.17, 15) is 9.59 Å². The molecule has 1 saturated heterocycles. The van der Waals surface area contributed by atoms with Crippen molar-refractivity contribution >= 4 is 39.3 Å². The van der Waals surface area contributed by atoms with Gasteiger partial charge in [0.1, 0.15) is 17.7 Å². The smallest absolute Gasteiger partial charge is 0.410 e. The van der Waals surface area contributed by atoms with Crippen molar-refractivity contribution in [1.29, 1.82) is 0 Å². The number of rotatable bonds is 3. The van der Waals surface area contributed by atoms with E-state index in [1.807, 2.05) is 25.2 Å². The molecule has 29 heavy (non-hydrogen) atoms. The number of imidazole rings is 1. The van der Waals surface area contributed by atoms with Crippen molar-refractivity contribution < 1.29 is 19.2 Å². The monoisotopic (exact) mass is 467 g/mol. The van der Waals surface area contributed by atoms with Gasteiger partial charge < -0.3 is 14.5 Å². The molecule has 9 nitrogen and oxygen atoms in total. The number of nitrogens with zero attached hydrogens (tertiary/aromatic N) is 5. The molecule has 0 bridgehead atoms. The summed E-state index contributed by atoms with van der Waals surface area (Å²) >= 11 is 3.52. The molecule has 0 atom stereocenters. The van der Waals surface area contributed by atoms with Gasteiger partial charge in [0.05, 0.1) is 24.4 Å². The molecule has 0 unspecified atom stereocenters. The van der Waals surface area contributed by atoms with Crippen LogP contribution in [-0.2, 0) is 9.57 Å². The fourth-order valence-electron chi connectivity index (χ4n) is 3.20. The molecular weight excluding hydrogens is 442 g/mol. The van der Waals surface area contributed by atoms with Gasteiger partial charge in [-0.25, -0.2) is 14.8 Å². The number of fused-ring (bicyclic) bond motifs is 1. The first-order chi connectivity index (χ1) is 13.6. The number of halogens is 1. The van der Waals surface area contributed by atoms with Crippen LogP contribution in [0.4, 0.5) is 10.6 Å². The summed E-state index contributed by atoms with van der Waals surface area (Å²) in [6.45, 7) is 7.66. The third kappa shape index (κ3) is 4.48. The van der Waals surface area contributed by atoms with E-state index in [4.69, 9.17) is 9.57 Å². The second-order valence-corrected chi connectivity index (χ2v) is 8.67. The average molecular weight is 468 g/mol. The molecule has 2 aromatic rings. The molecule has 2 aromatic heterocycles. The van der Waals surface area contributed by atoms with Gasteiger partial charge in [-0.15, -0.1) is 0 Å². The number of hydrogen-bond acceptors (Lipinski definition) is 6. The summed E-state index contributed by atoms with van der Waals surface area (Å²) in [5, 5.41) is 1.19. The van der Waals surface area contributed by atoms with Gasteiger partial charge in [-0.1, -0.05) is 0 Å². The summed E-state index contributed by atoms with van der Waals surface area (Å²) < 4.78 is 8.11. The Morgan fingerprint density at radius 1 is 1.21 bits per heavy atom. The SMILES string of the molecule is CON(C)C(=O)c1cc(Br)c2cncn2c1N1CCN(C(=O)OC(C)(C)C)CC1. The molecule has 0 N–H and O–H groups in total. The Bertz CT molecular complexity index is 915. The van der Waals surface area contributed by atoms with Gasteiger partial charge >= 0.3 is 6.09 Å². The first kappa shape index (κ1) is 21.4. The van der Waals surface area contributed by atoms with Gasteiger partial charge in [-0.2, -0.15) is 0 Å². The van der Waals surface area contributed by atoms with Crippen molar-refractivity contribution in [3.63, 3.8) is 0 Å². The van der Waals surface area contributed by atoms with Gasteiger partial charge in [0.25, 0.3) is 5.91 Å². The lowest BCUT2D eigenvalue weighted by atomic mass is 10.2. The van der Waals surface area contributed by atoms with Crippen LogP contribution in [0.5, 0.6) is 0 Å². The molecule has 1 aliphatic rings. The summed E-state index contributed by atoms with van der Waals surface area (Å²) in [6.07, 6.45) is 3.09. The number of hydrogen-bond donors (Lipinski definition) is 0. The largest absolute Gasteiger partial charge is 0.444 e. The van der Waals surface area contributed by atoms with E-state index in [1.54, 1.807) is 30.5 Å². The van der Waals surface area contributed by atoms with Crippen LogP contribution in [0.2, 0.25) is 0 Å². The first-order valence-electron chi connectivity index (χ1n) is 9.32. The second-order valence-electron chi connectivity index (χ2n) is 7.82. The van der Waals surface area contributed by atoms with Gasteiger partial charge in [0.2, 0.25) is 0 Å². The van der Waals surface area contributed by atoms with E-state index in [2.05, 4.69) is 25.8 Å². The van der Waals surface area contributed by atoms with E-state index in [0.717, 1.165) is 15.8 Å². The van der Waals surface area contributed by atoms with E-state index < -0.39 is 5.60 Å². The summed E-state index contributed by atoms with van der Waals surface area (Å²) in [5.41, 5.74) is 0.802. The molecule has 158 valence electrons. The molecule has 10 heteroatoms. The number of carbonyl (C=O) groups is 2. The number of aromatic nitrogens is 2. The minimum Gasteiger partial charge on any atom is -0.444 e. The lowest BCUT2D eigenvalue weighted by Gasteiger charge is -2.37. The zero-order valence-corrected chi connectivity index (χ0v) is 18.9. The van der Waals surface area contributed by atoms with Gasteiger partial charge in [-0.3, -0.25) is 14.0 Å². The van der Waals surface area contributed by atoms with Crippen molar-refractivity contribution in [1.82, 2.24) is 19.3 Å². The van der Waals surface area contributed by atoms with Crippen LogP contribution in [0, 0.1) is 0 Å². The highest BCUT2D eigenvalue weighted by Gasteiger charge is 2.30.